The summed E-state index contributed by atoms with van der Waals surface area (Å²) in [6.07, 6.45) is 3.80. The molecular weight excluding hydrogens is 402 g/mol. The van der Waals surface area contributed by atoms with Crippen molar-refractivity contribution in [2.75, 3.05) is 24.5 Å². The van der Waals surface area contributed by atoms with Crippen LogP contribution < -0.4 is 10.5 Å². The smallest absolute Gasteiger partial charge is 0.344 e. The zero-order valence-corrected chi connectivity index (χ0v) is 19.3. The second-order valence-electron chi connectivity index (χ2n) is 9.12. The molecule has 1 aromatic carbocycles. The molecule has 0 spiro atoms. The number of nitrogens with zero attached hydrogens (tertiary/aromatic N) is 5. The minimum absolute atomic E-state index is 0.337. The molecule has 7 heteroatoms. The molecule has 0 unspecified atom stereocenters. The number of imidazole rings is 1. The van der Waals surface area contributed by atoms with Crippen LogP contribution in [-0.4, -0.2) is 51.0 Å². The fraction of sp³-hybridized carbons (Fsp3) is 0.400. The Balaban J connectivity index is 1.49. The van der Waals surface area contributed by atoms with Crippen LogP contribution >= 0.6 is 0 Å². The second-order valence-corrected chi connectivity index (χ2v) is 9.12. The fourth-order valence-corrected chi connectivity index (χ4v) is 4.89. The van der Waals surface area contributed by atoms with Gasteiger partial charge >= 0.3 is 5.63 Å². The molecule has 4 heterocycles. The molecule has 7 nitrogen and oxygen atoms in total. The lowest BCUT2D eigenvalue weighted by Gasteiger charge is -2.43. The Bertz CT molecular complexity index is 1370. The fourth-order valence-electron chi connectivity index (χ4n) is 4.89. The van der Waals surface area contributed by atoms with Crippen molar-refractivity contribution < 1.29 is 4.42 Å². The van der Waals surface area contributed by atoms with Crippen molar-refractivity contribution >= 4 is 22.1 Å². The van der Waals surface area contributed by atoms with Crippen LogP contribution in [-0.2, 0) is 0 Å². The summed E-state index contributed by atoms with van der Waals surface area (Å²) in [5.74, 6) is 0.468. The molecular formula is C25H29N5O2. The Morgan fingerprint density at radius 2 is 1.91 bits per heavy atom. The lowest BCUT2D eigenvalue weighted by atomic mass is 10.1. The third-order valence-corrected chi connectivity index (χ3v) is 6.43. The normalized spacial score (nSPS) is 17.7. The average Bonchev–Trinajstić information content (AvgIpc) is 3.17. The minimum Gasteiger partial charge on any atom is -0.421 e. The number of piperazine rings is 1. The van der Waals surface area contributed by atoms with Crippen molar-refractivity contribution in [1.82, 2.24) is 19.3 Å². The van der Waals surface area contributed by atoms with Gasteiger partial charge in [0.1, 0.15) is 5.69 Å². The number of aryl methyl sites for hydroxylation is 2. The van der Waals surface area contributed by atoms with E-state index in [0.29, 0.717) is 28.9 Å². The average molecular weight is 432 g/mol. The first-order valence-corrected chi connectivity index (χ1v) is 11.2. The number of aromatic nitrogens is 3. The summed E-state index contributed by atoms with van der Waals surface area (Å²) in [6.45, 7) is 13.5. The van der Waals surface area contributed by atoms with Gasteiger partial charge in [0, 0.05) is 49.8 Å². The topological polar surface area (TPSA) is 66.9 Å². The maximum absolute atomic E-state index is 12.9. The van der Waals surface area contributed by atoms with Gasteiger partial charge in [-0.15, -0.1) is 0 Å². The van der Waals surface area contributed by atoms with Crippen molar-refractivity contribution in [2.45, 2.75) is 46.7 Å². The third kappa shape index (κ3) is 3.56. The summed E-state index contributed by atoms with van der Waals surface area (Å²) in [5.41, 5.74) is 3.88. The highest BCUT2D eigenvalue weighted by Crippen LogP contribution is 2.27. The van der Waals surface area contributed by atoms with E-state index in [-0.39, 0.29) is 5.63 Å². The molecule has 1 saturated heterocycles. The number of hydrogen-bond acceptors (Lipinski definition) is 6. The summed E-state index contributed by atoms with van der Waals surface area (Å²) in [7, 11) is 0. The first-order valence-electron chi connectivity index (χ1n) is 11.2. The van der Waals surface area contributed by atoms with E-state index in [0.717, 1.165) is 47.7 Å². The van der Waals surface area contributed by atoms with Crippen molar-refractivity contribution in [3.8, 4) is 11.5 Å². The maximum Gasteiger partial charge on any atom is 0.344 e. The predicted octanol–water partition coefficient (Wildman–Crippen LogP) is 4.04. The molecule has 0 radical (unpaired) electrons. The van der Waals surface area contributed by atoms with Gasteiger partial charge in [-0.3, -0.25) is 9.88 Å². The largest absolute Gasteiger partial charge is 0.421 e. The predicted molar refractivity (Wildman–Crippen MR) is 127 cm³/mol. The van der Waals surface area contributed by atoms with Crippen LogP contribution in [0.2, 0.25) is 0 Å². The van der Waals surface area contributed by atoms with E-state index in [2.05, 4.69) is 46.6 Å². The van der Waals surface area contributed by atoms with Gasteiger partial charge in [0.05, 0.1) is 16.8 Å². The highest BCUT2D eigenvalue weighted by molar-refractivity contribution is 5.87. The Morgan fingerprint density at radius 1 is 1.09 bits per heavy atom. The van der Waals surface area contributed by atoms with Gasteiger partial charge in [-0.05, 0) is 58.2 Å². The summed E-state index contributed by atoms with van der Waals surface area (Å²) < 4.78 is 7.64. The highest BCUT2D eigenvalue weighted by atomic mass is 16.4. The number of benzene rings is 1. The summed E-state index contributed by atoms with van der Waals surface area (Å²) in [5, 5.41) is 1.46. The third-order valence-electron chi connectivity index (χ3n) is 6.43. The maximum atomic E-state index is 12.9. The van der Waals surface area contributed by atoms with Crippen molar-refractivity contribution in [3.05, 3.63) is 58.5 Å². The van der Waals surface area contributed by atoms with Gasteiger partial charge < -0.3 is 13.7 Å². The van der Waals surface area contributed by atoms with Crippen LogP contribution in [0.5, 0.6) is 0 Å². The van der Waals surface area contributed by atoms with Crippen LogP contribution in [0.25, 0.3) is 27.9 Å². The Kier molecular flexibility index (Phi) is 5.01. The molecule has 0 amide bonds. The molecule has 1 aliphatic heterocycles. The molecule has 1 atom stereocenters. The van der Waals surface area contributed by atoms with Gasteiger partial charge in [0.25, 0.3) is 0 Å². The first kappa shape index (κ1) is 20.7. The Hall–Kier alpha value is -3.19. The molecule has 0 bridgehead atoms. The van der Waals surface area contributed by atoms with Crippen molar-refractivity contribution in [3.63, 3.8) is 0 Å². The summed E-state index contributed by atoms with van der Waals surface area (Å²) in [6, 6.07) is 8.98. The molecule has 1 aliphatic rings. The molecule has 5 rings (SSSR count). The number of anilines is 1. The van der Waals surface area contributed by atoms with Gasteiger partial charge in [-0.25, -0.2) is 9.78 Å². The number of rotatable bonds is 3. The van der Waals surface area contributed by atoms with Crippen LogP contribution in [0.3, 0.4) is 0 Å². The summed E-state index contributed by atoms with van der Waals surface area (Å²) >= 11 is 0. The molecule has 166 valence electrons. The Morgan fingerprint density at radius 3 is 2.66 bits per heavy atom. The van der Waals surface area contributed by atoms with E-state index in [1.165, 1.54) is 0 Å². The van der Waals surface area contributed by atoms with Crippen LogP contribution in [0.4, 0.5) is 5.69 Å². The number of fused-ring (bicyclic) bond motifs is 2. The zero-order chi connectivity index (χ0) is 22.6. The van der Waals surface area contributed by atoms with E-state index in [1.54, 1.807) is 0 Å². The molecule has 32 heavy (non-hydrogen) atoms. The minimum atomic E-state index is -0.337. The van der Waals surface area contributed by atoms with Crippen LogP contribution in [0.1, 0.15) is 32.2 Å². The van der Waals surface area contributed by atoms with E-state index >= 15 is 0 Å². The van der Waals surface area contributed by atoms with Crippen LogP contribution in [0.15, 0.2) is 45.9 Å². The highest BCUT2D eigenvalue weighted by Gasteiger charge is 2.25. The summed E-state index contributed by atoms with van der Waals surface area (Å²) in [4.78, 5) is 26.9. The first-order chi connectivity index (χ1) is 15.3. The second kappa shape index (κ2) is 7.74. The SMILES string of the molecule is Cc1cn2cc(-c3cc4ccc(N5CCN(C(C)C)[C@H](C)C5)cc4c(=O)o3)nc2c(C)n1. The molecule has 1 fully saturated rings. The van der Waals surface area contributed by atoms with Crippen molar-refractivity contribution in [2.24, 2.45) is 0 Å². The quantitative estimate of drug-likeness (QED) is 0.488. The number of hydrogen-bond donors (Lipinski definition) is 0. The molecule has 4 aromatic rings. The molecule has 0 N–H and O–H groups in total. The van der Waals surface area contributed by atoms with E-state index in [4.69, 9.17) is 4.42 Å². The van der Waals surface area contributed by atoms with E-state index < -0.39 is 0 Å². The molecule has 0 aliphatic carbocycles. The standard InChI is InChI=1S/C25H29N5O2/c1-15(2)30-9-8-28(13-17(30)4)20-7-6-19-10-23(32-25(31)21(19)11-20)22-14-29-12-16(3)26-18(5)24(29)27-22/h6-7,10-12,14-15,17H,8-9,13H2,1-5H3/t17-/m1/s1. The van der Waals surface area contributed by atoms with Crippen LogP contribution in [0, 0.1) is 13.8 Å². The Labute approximate surface area is 187 Å². The molecule has 3 aromatic heterocycles. The lowest BCUT2D eigenvalue weighted by Crippen LogP contribution is -2.54. The van der Waals surface area contributed by atoms with E-state index in [1.807, 2.05) is 48.8 Å². The monoisotopic (exact) mass is 431 g/mol. The molecule has 0 saturated carbocycles. The van der Waals surface area contributed by atoms with Crippen molar-refractivity contribution in [1.29, 1.82) is 0 Å². The van der Waals surface area contributed by atoms with E-state index in [9.17, 15) is 4.79 Å². The van der Waals surface area contributed by atoms with Gasteiger partial charge in [0.2, 0.25) is 0 Å². The van der Waals surface area contributed by atoms with Gasteiger partial charge in [-0.1, -0.05) is 6.07 Å². The lowest BCUT2D eigenvalue weighted by molar-refractivity contribution is 0.148. The van der Waals surface area contributed by atoms with Gasteiger partial charge in [-0.2, -0.15) is 0 Å². The zero-order valence-electron chi connectivity index (χ0n) is 19.3. The van der Waals surface area contributed by atoms with Gasteiger partial charge in [0.15, 0.2) is 11.4 Å².